The monoisotopic (exact) mass is 402 g/mol. The molecule has 1 N–H and O–H groups in total. The van der Waals surface area contributed by atoms with E-state index in [0.29, 0.717) is 18.7 Å². The number of nitrogens with zero attached hydrogens (tertiary/aromatic N) is 1. The molecule has 5 heteroatoms. The summed E-state index contributed by atoms with van der Waals surface area (Å²) in [7, 11) is 1.78. The molecule has 25 heavy (non-hydrogen) atoms. The van der Waals surface area contributed by atoms with Crippen molar-refractivity contribution in [1.82, 2.24) is 10.2 Å². The molecule has 2 aromatic carbocycles. The molecule has 2 amide bonds. The Balaban J connectivity index is 1.76. The van der Waals surface area contributed by atoms with Crippen molar-refractivity contribution in [2.45, 2.75) is 26.3 Å². The molecule has 0 unspecified atom stereocenters. The lowest BCUT2D eigenvalue weighted by molar-refractivity contribution is -0.130. The molecule has 0 atom stereocenters. The topological polar surface area (TPSA) is 49.4 Å². The summed E-state index contributed by atoms with van der Waals surface area (Å²) in [4.78, 5) is 25.9. The van der Waals surface area contributed by atoms with Crippen molar-refractivity contribution in [3.05, 3.63) is 69.7 Å². The van der Waals surface area contributed by atoms with E-state index >= 15 is 0 Å². The van der Waals surface area contributed by atoms with Crippen LogP contribution < -0.4 is 5.32 Å². The van der Waals surface area contributed by atoms with Crippen LogP contribution in [0.4, 0.5) is 0 Å². The van der Waals surface area contributed by atoms with E-state index in [4.69, 9.17) is 0 Å². The van der Waals surface area contributed by atoms with Gasteiger partial charge in [-0.2, -0.15) is 0 Å². The fourth-order valence-electron chi connectivity index (χ4n) is 2.42. The minimum atomic E-state index is -0.168. The van der Waals surface area contributed by atoms with E-state index in [1.54, 1.807) is 24.1 Å². The van der Waals surface area contributed by atoms with E-state index in [-0.39, 0.29) is 18.2 Å². The van der Waals surface area contributed by atoms with Crippen LogP contribution in [0.3, 0.4) is 0 Å². The van der Waals surface area contributed by atoms with Crippen molar-refractivity contribution < 1.29 is 9.59 Å². The first-order chi connectivity index (χ1) is 12.0. The molecule has 0 bridgehead atoms. The predicted molar refractivity (Wildman–Crippen MR) is 103 cm³/mol. The molecule has 2 rings (SSSR count). The van der Waals surface area contributed by atoms with Crippen LogP contribution in [-0.2, 0) is 17.8 Å². The molecule has 0 aromatic heterocycles. The Hall–Kier alpha value is -2.14. The maximum absolute atomic E-state index is 12.2. The van der Waals surface area contributed by atoms with Crippen molar-refractivity contribution in [3.63, 3.8) is 0 Å². The second-order valence-corrected chi connectivity index (χ2v) is 6.85. The first kappa shape index (κ1) is 19.2. The molecular formula is C20H23BrN2O2. The lowest BCUT2D eigenvalue weighted by Gasteiger charge is -2.17. The highest BCUT2D eigenvalue weighted by Crippen LogP contribution is 2.10. The van der Waals surface area contributed by atoms with Crippen molar-refractivity contribution in [2.75, 3.05) is 13.6 Å². The van der Waals surface area contributed by atoms with Crippen LogP contribution >= 0.6 is 15.9 Å². The zero-order valence-electron chi connectivity index (χ0n) is 14.6. The standard InChI is InChI=1S/C20H23BrN2O2/c1-3-15-4-6-16(7-5-15)14-23(2)19(24)12-13-22-20(25)17-8-10-18(21)11-9-17/h4-11H,3,12-14H2,1-2H3,(H,22,25). The van der Waals surface area contributed by atoms with Gasteiger partial charge < -0.3 is 10.2 Å². The van der Waals surface area contributed by atoms with Gasteiger partial charge >= 0.3 is 0 Å². The molecule has 0 radical (unpaired) electrons. The Morgan fingerprint density at radius 3 is 2.20 bits per heavy atom. The fraction of sp³-hybridized carbons (Fsp3) is 0.300. The summed E-state index contributed by atoms with van der Waals surface area (Å²) in [6.45, 7) is 3.02. The first-order valence-electron chi connectivity index (χ1n) is 8.35. The number of amides is 2. The number of carbonyl (C=O) groups excluding carboxylic acids is 2. The number of hydrogen-bond acceptors (Lipinski definition) is 2. The normalized spacial score (nSPS) is 10.4. The number of carbonyl (C=O) groups is 2. The molecular weight excluding hydrogens is 380 g/mol. The Bertz CT molecular complexity index is 711. The van der Waals surface area contributed by atoms with Gasteiger partial charge in [0.1, 0.15) is 0 Å². The summed E-state index contributed by atoms with van der Waals surface area (Å²) < 4.78 is 0.924. The van der Waals surface area contributed by atoms with Crippen molar-refractivity contribution in [1.29, 1.82) is 0 Å². The molecule has 132 valence electrons. The molecule has 0 spiro atoms. The van der Waals surface area contributed by atoms with E-state index < -0.39 is 0 Å². The van der Waals surface area contributed by atoms with Gasteiger partial charge in [0, 0.05) is 36.6 Å². The van der Waals surface area contributed by atoms with E-state index in [9.17, 15) is 9.59 Å². The predicted octanol–water partition coefficient (Wildman–Crippen LogP) is 3.79. The molecule has 0 heterocycles. The number of rotatable bonds is 7. The molecule has 0 saturated heterocycles. The van der Waals surface area contributed by atoms with Gasteiger partial charge in [0.15, 0.2) is 0 Å². The van der Waals surface area contributed by atoms with E-state index in [1.807, 2.05) is 12.1 Å². The lowest BCUT2D eigenvalue weighted by atomic mass is 10.1. The third-order valence-corrected chi connectivity index (χ3v) is 4.54. The summed E-state index contributed by atoms with van der Waals surface area (Å²) in [5.41, 5.74) is 2.97. The summed E-state index contributed by atoms with van der Waals surface area (Å²) in [6.07, 6.45) is 1.29. The molecule has 0 aliphatic carbocycles. The smallest absolute Gasteiger partial charge is 0.251 e. The van der Waals surface area contributed by atoms with Gasteiger partial charge in [-0.1, -0.05) is 47.1 Å². The Morgan fingerprint density at radius 2 is 1.60 bits per heavy atom. The highest BCUT2D eigenvalue weighted by molar-refractivity contribution is 9.10. The molecule has 0 aliphatic heterocycles. The van der Waals surface area contributed by atoms with Crippen LogP contribution in [-0.4, -0.2) is 30.3 Å². The van der Waals surface area contributed by atoms with Crippen molar-refractivity contribution >= 4 is 27.7 Å². The van der Waals surface area contributed by atoms with Crippen LogP contribution in [0, 0.1) is 0 Å². The largest absolute Gasteiger partial charge is 0.352 e. The Morgan fingerprint density at radius 1 is 1.00 bits per heavy atom. The second-order valence-electron chi connectivity index (χ2n) is 5.93. The lowest BCUT2D eigenvalue weighted by Crippen LogP contribution is -2.31. The van der Waals surface area contributed by atoms with Gasteiger partial charge in [-0.25, -0.2) is 0 Å². The highest BCUT2D eigenvalue weighted by Gasteiger charge is 2.11. The zero-order chi connectivity index (χ0) is 18.2. The highest BCUT2D eigenvalue weighted by atomic mass is 79.9. The SMILES string of the molecule is CCc1ccc(CN(C)C(=O)CCNC(=O)c2ccc(Br)cc2)cc1. The van der Waals surface area contributed by atoms with E-state index in [2.05, 4.69) is 52.4 Å². The minimum absolute atomic E-state index is 0.00988. The Labute approximate surface area is 157 Å². The third-order valence-electron chi connectivity index (χ3n) is 4.01. The van der Waals surface area contributed by atoms with Gasteiger partial charge in [-0.15, -0.1) is 0 Å². The summed E-state index contributed by atoms with van der Waals surface area (Å²) in [5.74, 6) is -0.159. The van der Waals surface area contributed by atoms with Crippen LogP contribution in [0.25, 0.3) is 0 Å². The second kappa shape index (κ2) is 9.37. The van der Waals surface area contributed by atoms with Crippen LogP contribution in [0.2, 0.25) is 0 Å². The molecule has 0 saturated carbocycles. The molecule has 2 aromatic rings. The number of benzene rings is 2. The first-order valence-corrected chi connectivity index (χ1v) is 9.14. The minimum Gasteiger partial charge on any atom is -0.352 e. The maximum atomic E-state index is 12.2. The van der Waals surface area contributed by atoms with Gasteiger partial charge in [-0.3, -0.25) is 9.59 Å². The van der Waals surface area contributed by atoms with Crippen molar-refractivity contribution in [2.24, 2.45) is 0 Å². The zero-order valence-corrected chi connectivity index (χ0v) is 16.2. The summed E-state index contributed by atoms with van der Waals surface area (Å²) >= 11 is 3.34. The van der Waals surface area contributed by atoms with E-state index in [1.165, 1.54) is 5.56 Å². The van der Waals surface area contributed by atoms with Crippen LogP contribution in [0.1, 0.15) is 34.8 Å². The maximum Gasteiger partial charge on any atom is 0.251 e. The van der Waals surface area contributed by atoms with Gasteiger partial charge in [-0.05, 0) is 41.8 Å². The number of aryl methyl sites for hydroxylation is 1. The Kier molecular flexibility index (Phi) is 7.19. The van der Waals surface area contributed by atoms with Crippen LogP contribution in [0.15, 0.2) is 53.0 Å². The van der Waals surface area contributed by atoms with Gasteiger partial charge in [0.2, 0.25) is 5.91 Å². The average molecular weight is 403 g/mol. The average Bonchev–Trinajstić information content (AvgIpc) is 2.62. The van der Waals surface area contributed by atoms with Crippen LogP contribution in [0.5, 0.6) is 0 Å². The number of nitrogens with one attached hydrogen (secondary N) is 1. The van der Waals surface area contributed by atoms with Crippen molar-refractivity contribution in [3.8, 4) is 0 Å². The summed E-state index contributed by atoms with van der Waals surface area (Å²) in [6, 6.07) is 15.4. The summed E-state index contributed by atoms with van der Waals surface area (Å²) in [5, 5.41) is 2.78. The molecule has 4 nitrogen and oxygen atoms in total. The quantitative estimate of drug-likeness (QED) is 0.765. The fourth-order valence-corrected chi connectivity index (χ4v) is 2.68. The number of hydrogen-bond donors (Lipinski definition) is 1. The number of halogens is 1. The molecule has 0 aliphatic rings. The third kappa shape index (κ3) is 6.02. The van der Waals surface area contributed by atoms with Gasteiger partial charge in [0.25, 0.3) is 5.91 Å². The van der Waals surface area contributed by atoms with E-state index in [0.717, 1.165) is 16.5 Å². The van der Waals surface area contributed by atoms with Gasteiger partial charge in [0.05, 0.1) is 0 Å². The molecule has 0 fully saturated rings.